The van der Waals surface area contributed by atoms with Crippen molar-refractivity contribution in [2.24, 2.45) is 0 Å². The van der Waals surface area contributed by atoms with Crippen molar-refractivity contribution in [1.82, 2.24) is 4.57 Å². The quantitative estimate of drug-likeness (QED) is 0.779. The Morgan fingerprint density at radius 1 is 1.23 bits per heavy atom. The molecule has 0 aliphatic heterocycles. The largest absolute Gasteiger partial charge is 0.464 e. The van der Waals surface area contributed by atoms with Crippen molar-refractivity contribution >= 4 is 5.97 Å². The number of rotatable bonds is 3. The highest BCUT2D eigenvalue weighted by Gasteiger charge is 2.33. The van der Waals surface area contributed by atoms with Crippen LogP contribution in [0.1, 0.15) is 35.9 Å². The van der Waals surface area contributed by atoms with Crippen LogP contribution in [0, 0.1) is 0 Å². The summed E-state index contributed by atoms with van der Waals surface area (Å²) < 4.78 is 45.7. The molecule has 1 aromatic carbocycles. The van der Waals surface area contributed by atoms with Crippen molar-refractivity contribution in [3.05, 3.63) is 47.8 Å². The van der Waals surface area contributed by atoms with Crippen LogP contribution in [-0.4, -0.2) is 17.6 Å². The first-order valence-corrected chi connectivity index (χ1v) is 6.72. The van der Waals surface area contributed by atoms with E-state index >= 15 is 0 Å². The number of carbonyl (C=O) groups is 1. The van der Waals surface area contributed by atoms with E-state index in [2.05, 4.69) is 0 Å². The summed E-state index contributed by atoms with van der Waals surface area (Å²) in [4.78, 5) is 11.8. The van der Waals surface area contributed by atoms with Gasteiger partial charge in [-0.2, -0.15) is 13.2 Å². The van der Waals surface area contributed by atoms with Crippen molar-refractivity contribution in [2.75, 3.05) is 7.11 Å². The maximum absolute atomic E-state index is 13.1. The lowest BCUT2D eigenvalue weighted by atomic mass is 10.0. The van der Waals surface area contributed by atoms with Gasteiger partial charge >= 0.3 is 12.1 Å². The molecule has 0 unspecified atom stereocenters. The van der Waals surface area contributed by atoms with Gasteiger partial charge in [0.25, 0.3) is 0 Å². The molecule has 22 heavy (non-hydrogen) atoms. The molecule has 1 heterocycles. The van der Waals surface area contributed by atoms with Gasteiger partial charge in [0, 0.05) is 17.8 Å². The van der Waals surface area contributed by atoms with Crippen LogP contribution in [0.15, 0.2) is 36.5 Å². The molecule has 0 radical (unpaired) electrons. The summed E-state index contributed by atoms with van der Waals surface area (Å²) in [6, 6.07) is 6.64. The Labute approximate surface area is 126 Å². The van der Waals surface area contributed by atoms with Gasteiger partial charge in [-0.3, -0.25) is 0 Å². The number of esters is 1. The van der Waals surface area contributed by atoms with Crippen molar-refractivity contribution in [3.8, 4) is 11.1 Å². The fourth-order valence-electron chi connectivity index (χ4n) is 2.30. The van der Waals surface area contributed by atoms with Crippen LogP contribution in [0.4, 0.5) is 13.2 Å². The molecule has 0 saturated heterocycles. The predicted octanol–water partition coefficient (Wildman–Crippen LogP) is 4.54. The third-order valence-corrected chi connectivity index (χ3v) is 3.34. The number of methoxy groups -OCH3 is 1. The van der Waals surface area contributed by atoms with E-state index in [1.807, 2.05) is 13.8 Å². The molecule has 0 saturated carbocycles. The number of halogens is 3. The standard InChI is InChI=1S/C16H16F3NO2/c1-10(2)20-9-11(8-14(20)15(21)22-3)12-6-4-5-7-13(12)16(17,18)19/h4-10H,1-3H3. The molecule has 0 N–H and O–H groups in total. The molecule has 2 rings (SSSR count). The van der Waals surface area contributed by atoms with Crippen LogP contribution in [-0.2, 0) is 10.9 Å². The Bertz CT molecular complexity index is 687. The average Bonchev–Trinajstić information content (AvgIpc) is 2.91. The molecule has 0 atom stereocenters. The first-order valence-electron chi connectivity index (χ1n) is 6.72. The number of carbonyl (C=O) groups excluding carboxylic acids is 1. The second-order valence-corrected chi connectivity index (χ2v) is 5.15. The van der Waals surface area contributed by atoms with E-state index in [-0.39, 0.29) is 17.3 Å². The molecular weight excluding hydrogens is 295 g/mol. The second-order valence-electron chi connectivity index (χ2n) is 5.15. The highest BCUT2D eigenvalue weighted by atomic mass is 19.4. The Morgan fingerprint density at radius 3 is 2.41 bits per heavy atom. The molecule has 2 aromatic rings. The van der Waals surface area contributed by atoms with Crippen LogP contribution in [0.25, 0.3) is 11.1 Å². The normalized spacial score (nSPS) is 11.8. The summed E-state index contributed by atoms with van der Waals surface area (Å²) in [5, 5.41) is 0. The molecule has 118 valence electrons. The molecule has 0 amide bonds. The summed E-state index contributed by atoms with van der Waals surface area (Å²) in [6.45, 7) is 3.68. The van der Waals surface area contributed by atoms with Crippen molar-refractivity contribution in [3.63, 3.8) is 0 Å². The van der Waals surface area contributed by atoms with Gasteiger partial charge in [0.2, 0.25) is 0 Å². The lowest BCUT2D eigenvalue weighted by Crippen LogP contribution is -2.11. The fourth-order valence-corrected chi connectivity index (χ4v) is 2.30. The van der Waals surface area contributed by atoms with Crippen LogP contribution in [0.2, 0.25) is 0 Å². The van der Waals surface area contributed by atoms with Gasteiger partial charge in [-0.25, -0.2) is 4.79 Å². The summed E-state index contributed by atoms with van der Waals surface area (Å²) in [5.74, 6) is -0.579. The Balaban J connectivity index is 2.62. The molecule has 0 aliphatic rings. The molecule has 0 bridgehead atoms. The maximum Gasteiger partial charge on any atom is 0.417 e. The van der Waals surface area contributed by atoms with Gasteiger partial charge in [0.05, 0.1) is 12.7 Å². The number of hydrogen-bond acceptors (Lipinski definition) is 2. The number of alkyl halides is 3. The van der Waals surface area contributed by atoms with Gasteiger partial charge in [-0.15, -0.1) is 0 Å². The second kappa shape index (κ2) is 5.87. The minimum Gasteiger partial charge on any atom is -0.464 e. The zero-order chi connectivity index (χ0) is 16.5. The lowest BCUT2D eigenvalue weighted by Gasteiger charge is -2.12. The minimum atomic E-state index is -4.46. The maximum atomic E-state index is 13.1. The number of ether oxygens (including phenoxy) is 1. The number of aromatic nitrogens is 1. The highest BCUT2D eigenvalue weighted by molar-refractivity contribution is 5.90. The Kier molecular flexibility index (Phi) is 4.30. The number of nitrogens with zero attached hydrogens (tertiary/aromatic N) is 1. The summed E-state index contributed by atoms with van der Waals surface area (Å²) in [5.41, 5.74) is -0.127. The first-order chi connectivity index (χ1) is 10.3. The predicted molar refractivity (Wildman–Crippen MR) is 76.6 cm³/mol. The molecule has 0 fully saturated rings. The van der Waals surface area contributed by atoms with E-state index in [4.69, 9.17) is 4.74 Å². The number of hydrogen-bond donors (Lipinski definition) is 0. The molecule has 0 aliphatic carbocycles. The van der Waals surface area contributed by atoms with Gasteiger partial charge in [-0.05, 0) is 31.5 Å². The Hall–Kier alpha value is -2.24. The van der Waals surface area contributed by atoms with E-state index in [9.17, 15) is 18.0 Å². The fraction of sp³-hybridized carbons (Fsp3) is 0.312. The average molecular weight is 311 g/mol. The van der Waals surface area contributed by atoms with Gasteiger partial charge < -0.3 is 9.30 Å². The first kappa shape index (κ1) is 16.1. The van der Waals surface area contributed by atoms with Crippen LogP contribution < -0.4 is 0 Å². The van der Waals surface area contributed by atoms with E-state index in [1.165, 1.54) is 31.4 Å². The minimum absolute atomic E-state index is 0.0413. The number of benzene rings is 1. The van der Waals surface area contributed by atoms with Crippen LogP contribution >= 0.6 is 0 Å². The molecule has 1 aromatic heterocycles. The summed E-state index contributed by atoms with van der Waals surface area (Å²) in [6.07, 6.45) is -2.91. The third kappa shape index (κ3) is 3.00. The van der Waals surface area contributed by atoms with Crippen molar-refractivity contribution in [1.29, 1.82) is 0 Å². The monoisotopic (exact) mass is 311 g/mol. The van der Waals surface area contributed by atoms with E-state index in [1.54, 1.807) is 10.8 Å². The van der Waals surface area contributed by atoms with E-state index < -0.39 is 17.7 Å². The lowest BCUT2D eigenvalue weighted by molar-refractivity contribution is -0.137. The highest BCUT2D eigenvalue weighted by Crippen LogP contribution is 2.37. The summed E-state index contributed by atoms with van der Waals surface area (Å²) >= 11 is 0. The van der Waals surface area contributed by atoms with E-state index in [0.717, 1.165) is 6.07 Å². The van der Waals surface area contributed by atoms with Crippen LogP contribution in [0.5, 0.6) is 0 Å². The van der Waals surface area contributed by atoms with Gasteiger partial charge in [0.15, 0.2) is 0 Å². The third-order valence-electron chi connectivity index (χ3n) is 3.34. The Morgan fingerprint density at radius 2 is 1.86 bits per heavy atom. The molecule has 0 spiro atoms. The SMILES string of the molecule is COC(=O)c1cc(-c2ccccc2C(F)(F)F)cn1C(C)C. The zero-order valence-corrected chi connectivity index (χ0v) is 12.4. The smallest absolute Gasteiger partial charge is 0.417 e. The zero-order valence-electron chi connectivity index (χ0n) is 12.4. The molecule has 6 heteroatoms. The van der Waals surface area contributed by atoms with Gasteiger partial charge in [0.1, 0.15) is 5.69 Å². The van der Waals surface area contributed by atoms with Crippen molar-refractivity contribution < 1.29 is 22.7 Å². The van der Waals surface area contributed by atoms with Crippen molar-refractivity contribution in [2.45, 2.75) is 26.1 Å². The van der Waals surface area contributed by atoms with Gasteiger partial charge in [-0.1, -0.05) is 18.2 Å². The molecular formula is C16H16F3NO2. The summed E-state index contributed by atoms with van der Waals surface area (Å²) in [7, 11) is 1.24. The topological polar surface area (TPSA) is 31.2 Å². The van der Waals surface area contributed by atoms with E-state index in [0.29, 0.717) is 5.56 Å². The molecule has 3 nitrogen and oxygen atoms in total. The van der Waals surface area contributed by atoms with Crippen LogP contribution in [0.3, 0.4) is 0 Å².